The minimum Gasteiger partial charge on any atom is -0.333 e. The van der Waals surface area contributed by atoms with Crippen molar-refractivity contribution in [1.82, 2.24) is 24.6 Å². The summed E-state index contributed by atoms with van der Waals surface area (Å²) in [4.78, 5) is 34.3. The monoisotopic (exact) mass is 481 g/mol. The number of carbonyl (C=O) groups is 1. The molecule has 1 unspecified atom stereocenters. The van der Waals surface area contributed by atoms with Gasteiger partial charge in [-0.05, 0) is 49.4 Å². The third-order valence-electron chi connectivity index (χ3n) is 8.65. The molecular weight excluding hydrogens is 450 g/mol. The Morgan fingerprint density at radius 2 is 1.83 bits per heavy atom. The molecule has 2 aromatic heterocycles. The number of aromatic nitrogens is 3. The summed E-state index contributed by atoms with van der Waals surface area (Å²) in [6, 6.07) is 15.5. The van der Waals surface area contributed by atoms with E-state index < -0.39 is 0 Å². The van der Waals surface area contributed by atoms with E-state index in [-0.39, 0.29) is 17.5 Å². The predicted molar refractivity (Wildman–Crippen MR) is 140 cm³/mol. The van der Waals surface area contributed by atoms with Crippen molar-refractivity contribution in [3.05, 3.63) is 75.7 Å². The highest BCUT2D eigenvalue weighted by atomic mass is 16.2. The van der Waals surface area contributed by atoms with Crippen molar-refractivity contribution in [2.24, 2.45) is 0 Å². The molecule has 0 radical (unpaired) electrons. The second-order valence-electron chi connectivity index (χ2n) is 10.9. The number of aromatic amines is 1. The summed E-state index contributed by atoms with van der Waals surface area (Å²) < 4.78 is 2.04. The molecule has 0 spiro atoms. The number of aryl methyl sites for hydroxylation is 1. The fourth-order valence-electron chi connectivity index (χ4n) is 6.81. The van der Waals surface area contributed by atoms with E-state index in [0.717, 1.165) is 66.4 Å². The van der Waals surface area contributed by atoms with Crippen LogP contribution < -0.4 is 5.56 Å². The molecule has 2 atom stereocenters. The van der Waals surface area contributed by atoms with Gasteiger partial charge in [-0.15, -0.1) is 0 Å². The first kappa shape index (κ1) is 21.8. The largest absolute Gasteiger partial charge is 0.333 e. The molecule has 1 saturated carbocycles. The normalized spacial score (nSPS) is 22.4. The number of amides is 1. The topological polar surface area (TPSA) is 74.2 Å². The first-order chi connectivity index (χ1) is 17.6. The van der Waals surface area contributed by atoms with Gasteiger partial charge < -0.3 is 9.88 Å². The van der Waals surface area contributed by atoms with Crippen molar-refractivity contribution in [3.63, 3.8) is 0 Å². The van der Waals surface area contributed by atoms with Crippen molar-refractivity contribution in [3.8, 4) is 0 Å². The molecule has 2 saturated heterocycles. The Balaban J connectivity index is 1.22. The lowest BCUT2D eigenvalue weighted by atomic mass is 10.0. The summed E-state index contributed by atoms with van der Waals surface area (Å²) in [7, 11) is 0. The summed E-state index contributed by atoms with van der Waals surface area (Å²) in [6.45, 7) is 4.60. The Labute approximate surface area is 209 Å². The first-order valence-electron chi connectivity index (χ1n) is 13.2. The van der Waals surface area contributed by atoms with E-state index in [1.54, 1.807) is 6.20 Å². The lowest BCUT2D eigenvalue weighted by molar-refractivity contribution is 0.0615. The van der Waals surface area contributed by atoms with E-state index in [1.165, 1.54) is 18.4 Å². The van der Waals surface area contributed by atoms with Crippen molar-refractivity contribution in [1.29, 1.82) is 0 Å². The second-order valence-corrected chi connectivity index (χ2v) is 10.9. The van der Waals surface area contributed by atoms with E-state index in [1.807, 2.05) is 23.7 Å². The number of H-pyrrole nitrogens is 1. The van der Waals surface area contributed by atoms with Crippen molar-refractivity contribution in [2.75, 3.05) is 13.1 Å². The molecule has 7 rings (SSSR count). The van der Waals surface area contributed by atoms with Gasteiger partial charge in [0.05, 0.1) is 28.7 Å². The van der Waals surface area contributed by atoms with Gasteiger partial charge in [0.2, 0.25) is 0 Å². The number of nitrogens with zero attached hydrogens (tertiary/aromatic N) is 4. The van der Waals surface area contributed by atoms with Crippen molar-refractivity contribution >= 4 is 27.7 Å². The number of carbonyl (C=O) groups excluding carboxylic acids is 1. The van der Waals surface area contributed by atoms with E-state index in [9.17, 15) is 9.59 Å². The maximum atomic E-state index is 13.9. The average Bonchev–Trinajstić information content (AvgIpc) is 3.68. The summed E-state index contributed by atoms with van der Waals surface area (Å²) in [5.41, 5.74) is 4.49. The Morgan fingerprint density at radius 1 is 1.03 bits per heavy atom. The van der Waals surface area contributed by atoms with E-state index >= 15 is 0 Å². The van der Waals surface area contributed by atoms with Gasteiger partial charge >= 0.3 is 0 Å². The van der Waals surface area contributed by atoms with E-state index in [4.69, 9.17) is 0 Å². The minimum atomic E-state index is -0.115. The number of benzene rings is 2. The Kier molecular flexibility index (Phi) is 5.03. The van der Waals surface area contributed by atoms with Crippen LogP contribution in [0.1, 0.15) is 59.6 Å². The van der Waals surface area contributed by atoms with Gasteiger partial charge in [-0.3, -0.25) is 19.2 Å². The zero-order valence-electron chi connectivity index (χ0n) is 20.6. The van der Waals surface area contributed by atoms with Gasteiger partial charge in [-0.1, -0.05) is 43.2 Å². The molecule has 36 heavy (non-hydrogen) atoms. The molecule has 2 aliphatic heterocycles. The van der Waals surface area contributed by atoms with Crippen LogP contribution in [0.4, 0.5) is 0 Å². The molecule has 4 heterocycles. The predicted octanol–water partition coefficient (Wildman–Crippen LogP) is 4.40. The SMILES string of the molecule is Cc1cc2[nH]c(=O)c3cnn(C4CCCC4)c3c2cc1C(=O)N1C[C@@H]2CC1CN2Cc1ccccc1. The molecule has 3 fully saturated rings. The van der Waals surface area contributed by atoms with Gasteiger partial charge in [0.1, 0.15) is 0 Å². The molecule has 7 heteroatoms. The highest BCUT2D eigenvalue weighted by Gasteiger charge is 2.45. The van der Waals surface area contributed by atoms with Crippen LogP contribution in [0.3, 0.4) is 0 Å². The molecule has 2 bridgehead atoms. The summed E-state index contributed by atoms with van der Waals surface area (Å²) in [6.07, 6.45) is 7.27. The quantitative estimate of drug-likeness (QED) is 0.469. The third-order valence-corrected chi connectivity index (χ3v) is 8.65. The summed E-state index contributed by atoms with van der Waals surface area (Å²) in [5, 5.41) is 6.15. The zero-order chi connectivity index (χ0) is 24.4. The lowest BCUT2D eigenvalue weighted by Crippen LogP contribution is -2.48. The number of rotatable bonds is 4. The second kappa shape index (κ2) is 8.30. The van der Waals surface area contributed by atoms with Crippen LogP contribution in [0.2, 0.25) is 0 Å². The number of hydrogen-bond donors (Lipinski definition) is 1. The van der Waals surface area contributed by atoms with Crippen molar-refractivity contribution < 1.29 is 4.79 Å². The Hall–Kier alpha value is -3.45. The van der Waals surface area contributed by atoms with E-state index in [2.05, 4.69) is 50.2 Å². The number of hydrogen-bond acceptors (Lipinski definition) is 4. The number of pyridine rings is 1. The number of nitrogens with one attached hydrogen (secondary N) is 1. The highest BCUT2D eigenvalue weighted by Crippen LogP contribution is 2.36. The molecule has 1 amide bonds. The van der Waals surface area contributed by atoms with Gasteiger partial charge in [-0.2, -0.15) is 5.10 Å². The first-order valence-corrected chi connectivity index (χ1v) is 13.2. The van der Waals surface area contributed by atoms with E-state index in [0.29, 0.717) is 17.5 Å². The van der Waals surface area contributed by atoms with Crippen LogP contribution in [0.25, 0.3) is 21.8 Å². The molecule has 7 nitrogen and oxygen atoms in total. The standard InChI is InChI=1S/C29H31N5O2/c1-18-11-26-24(27-25(28(35)31-26)14-30-34(27)20-9-5-6-10-20)13-23(18)29(36)33-17-21-12-22(33)16-32(21)15-19-7-3-2-4-8-19/h2-4,7-8,11,13-14,20-22H,5-6,9-10,12,15-17H2,1H3,(H,31,35)/t21-,22?/m0/s1. The average molecular weight is 482 g/mol. The maximum Gasteiger partial charge on any atom is 0.259 e. The summed E-state index contributed by atoms with van der Waals surface area (Å²) in [5.74, 6) is 0.104. The van der Waals surface area contributed by atoms with Gasteiger partial charge in [-0.25, -0.2) is 0 Å². The van der Waals surface area contributed by atoms with Gasteiger partial charge in [0, 0.05) is 42.7 Å². The third kappa shape index (κ3) is 3.40. The van der Waals surface area contributed by atoms with Crippen LogP contribution in [-0.4, -0.2) is 55.6 Å². The molecule has 4 aromatic rings. The minimum absolute atomic E-state index is 0.104. The van der Waals surface area contributed by atoms with Crippen molar-refractivity contribution in [2.45, 2.75) is 63.7 Å². The molecule has 1 aliphatic carbocycles. The van der Waals surface area contributed by atoms with Crippen LogP contribution >= 0.6 is 0 Å². The van der Waals surface area contributed by atoms with Gasteiger partial charge in [0.25, 0.3) is 11.5 Å². The smallest absolute Gasteiger partial charge is 0.259 e. The lowest BCUT2D eigenvalue weighted by Gasteiger charge is -2.34. The fourth-order valence-corrected chi connectivity index (χ4v) is 6.81. The number of likely N-dealkylation sites (tertiary alicyclic amines) is 2. The Bertz CT molecular complexity index is 1530. The number of piperazine rings is 1. The zero-order valence-corrected chi connectivity index (χ0v) is 20.6. The van der Waals surface area contributed by atoms with Crippen LogP contribution in [0, 0.1) is 6.92 Å². The number of fused-ring (bicyclic) bond motifs is 5. The summed E-state index contributed by atoms with van der Waals surface area (Å²) >= 11 is 0. The molecule has 1 N–H and O–H groups in total. The fraction of sp³-hybridized carbons (Fsp3) is 0.414. The molecular formula is C29H31N5O2. The maximum absolute atomic E-state index is 13.9. The van der Waals surface area contributed by atoms with Crippen LogP contribution in [0.15, 0.2) is 53.5 Å². The molecule has 184 valence electrons. The molecule has 2 aromatic carbocycles. The van der Waals surface area contributed by atoms with Gasteiger partial charge in [0.15, 0.2) is 0 Å². The Morgan fingerprint density at radius 3 is 2.58 bits per heavy atom. The van der Waals surface area contributed by atoms with Crippen LogP contribution in [-0.2, 0) is 6.54 Å². The van der Waals surface area contributed by atoms with Crippen LogP contribution in [0.5, 0.6) is 0 Å². The highest BCUT2D eigenvalue weighted by molar-refractivity contribution is 6.07. The molecule has 3 aliphatic rings.